The predicted octanol–water partition coefficient (Wildman–Crippen LogP) is 14.8. The molecule has 0 rings (SSSR count). The fourth-order valence-electron chi connectivity index (χ4n) is 6.23. The molecular formula is C49H86O6. The first kappa shape index (κ1) is 52.4. The molecule has 0 N–H and O–H groups in total. The quantitative estimate of drug-likeness (QED) is 0.0202. The van der Waals surface area contributed by atoms with Gasteiger partial charge in [-0.2, -0.15) is 0 Å². The molecule has 0 spiro atoms. The minimum atomic E-state index is -0.783. The highest BCUT2D eigenvalue weighted by Crippen LogP contribution is 2.13. The van der Waals surface area contributed by atoms with Crippen molar-refractivity contribution in [2.24, 2.45) is 0 Å². The summed E-state index contributed by atoms with van der Waals surface area (Å²) in [5, 5.41) is 0. The predicted molar refractivity (Wildman–Crippen MR) is 233 cm³/mol. The summed E-state index contributed by atoms with van der Waals surface area (Å²) in [6.07, 6.45) is 50.9. The van der Waals surface area contributed by atoms with E-state index in [9.17, 15) is 14.4 Å². The summed E-state index contributed by atoms with van der Waals surface area (Å²) in [7, 11) is 0. The summed E-state index contributed by atoms with van der Waals surface area (Å²) in [6, 6.07) is 0. The van der Waals surface area contributed by atoms with E-state index >= 15 is 0 Å². The zero-order chi connectivity index (χ0) is 40.1. The fourth-order valence-corrected chi connectivity index (χ4v) is 6.23. The van der Waals surface area contributed by atoms with Crippen molar-refractivity contribution in [3.63, 3.8) is 0 Å². The van der Waals surface area contributed by atoms with Gasteiger partial charge in [0.2, 0.25) is 0 Å². The number of hydrogen-bond acceptors (Lipinski definition) is 6. The first-order chi connectivity index (χ1) is 27.0. The van der Waals surface area contributed by atoms with Crippen LogP contribution in [0.4, 0.5) is 0 Å². The molecule has 0 amide bonds. The van der Waals surface area contributed by atoms with E-state index in [0.29, 0.717) is 19.3 Å². The van der Waals surface area contributed by atoms with Crippen molar-refractivity contribution in [3.05, 3.63) is 48.6 Å². The molecule has 0 fully saturated rings. The maximum atomic E-state index is 12.7. The van der Waals surface area contributed by atoms with Crippen molar-refractivity contribution in [1.82, 2.24) is 0 Å². The van der Waals surface area contributed by atoms with Crippen LogP contribution in [0.25, 0.3) is 0 Å². The van der Waals surface area contributed by atoms with Crippen LogP contribution in [0.3, 0.4) is 0 Å². The van der Waals surface area contributed by atoms with Gasteiger partial charge >= 0.3 is 17.9 Å². The summed E-state index contributed by atoms with van der Waals surface area (Å²) in [6.45, 7) is 6.50. The minimum absolute atomic E-state index is 0.0863. The van der Waals surface area contributed by atoms with Gasteiger partial charge in [0.15, 0.2) is 6.10 Å². The lowest BCUT2D eigenvalue weighted by atomic mass is 10.1. The number of rotatable bonds is 41. The summed E-state index contributed by atoms with van der Waals surface area (Å²) >= 11 is 0. The smallest absolute Gasteiger partial charge is 0.306 e. The number of hydrogen-bond donors (Lipinski definition) is 0. The molecule has 0 saturated heterocycles. The average molecular weight is 771 g/mol. The number of carbonyl (C=O) groups excluding carboxylic acids is 3. The molecule has 0 saturated carbocycles. The first-order valence-electron chi connectivity index (χ1n) is 23.2. The number of esters is 3. The van der Waals surface area contributed by atoms with Gasteiger partial charge in [-0.05, 0) is 89.9 Å². The Bertz CT molecular complexity index is 980. The van der Waals surface area contributed by atoms with Crippen molar-refractivity contribution in [2.75, 3.05) is 13.2 Å². The molecule has 0 aromatic carbocycles. The van der Waals surface area contributed by atoms with Crippen LogP contribution in [0, 0.1) is 0 Å². The normalized spacial score (nSPS) is 12.4. The third-order valence-electron chi connectivity index (χ3n) is 9.80. The second-order valence-electron chi connectivity index (χ2n) is 15.3. The van der Waals surface area contributed by atoms with Gasteiger partial charge in [-0.25, -0.2) is 0 Å². The Morgan fingerprint density at radius 1 is 0.364 bits per heavy atom. The Balaban J connectivity index is 4.40. The summed E-state index contributed by atoms with van der Waals surface area (Å²) in [5.41, 5.74) is 0. The molecule has 0 aromatic rings. The van der Waals surface area contributed by atoms with Gasteiger partial charge in [0.05, 0.1) is 0 Å². The van der Waals surface area contributed by atoms with Crippen LogP contribution in [-0.4, -0.2) is 37.2 Å². The monoisotopic (exact) mass is 771 g/mol. The fraction of sp³-hybridized carbons (Fsp3) is 0.776. The minimum Gasteiger partial charge on any atom is -0.462 e. The summed E-state index contributed by atoms with van der Waals surface area (Å²) in [4.78, 5) is 37.7. The number of unbranched alkanes of at least 4 members (excludes halogenated alkanes) is 23. The average Bonchev–Trinajstić information content (AvgIpc) is 3.18. The summed E-state index contributed by atoms with van der Waals surface area (Å²) < 4.78 is 16.7. The van der Waals surface area contributed by atoms with Crippen LogP contribution in [-0.2, 0) is 28.6 Å². The van der Waals surface area contributed by atoms with Crippen LogP contribution in [0.1, 0.15) is 226 Å². The Morgan fingerprint density at radius 2 is 0.673 bits per heavy atom. The van der Waals surface area contributed by atoms with E-state index < -0.39 is 6.10 Å². The van der Waals surface area contributed by atoms with Gasteiger partial charge < -0.3 is 14.2 Å². The number of ether oxygens (including phenoxy) is 3. The molecule has 318 valence electrons. The lowest BCUT2D eigenvalue weighted by Crippen LogP contribution is -2.30. The molecule has 0 heterocycles. The van der Waals surface area contributed by atoms with E-state index in [0.717, 1.165) is 96.3 Å². The van der Waals surface area contributed by atoms with Crippen molar-refractivity contribution >= 4 is 17.9 Å². The molecule has 1 atom stereocenters. The highest BCUT2D eigenvalue weighted by molar-refractivity contribution is 5.71. The highest BCUT2D eigenvalue weighted by atomic mass is 16.6. The molecule has 0 radical (unpaired) electrons. The molecule has 6 nitrogen and oxygen atoms in total. The van der Waals surface area contributed by atoms with Gasteiger partial charge in [0.25, 0.3) is 0 Å². The Hall–Kier alpha value is -2.63. The Morgan fingerprint density at radius 3 is 1.07 bits per heavy atom. The Labute approximate surface area is 339 Å². The maximum Gasteiger partial charge on any atom is 0.306 e. The second-order valence-corrected chi connectivity index (χ2v) is 15.3. The van der Waals surface area contributed by atoms with Gasteiger partial charge in [0, 0.05) is 19.3 Å². The van der Waals surface area contributed by atoms with Gasteiger partial charge in [-0.3, -0.25) is 14.4 Å². The van der Waals surface area contributed by atoms with E-state index in [2.05, 4.69) is 69.4 Å². The maximum absolute atomic E-state index is 12.7. The van der Waals surface area contributed by atoms with E-state index in [1.165, 1.54) is 89.9 Å². The molecular weight excluding hydrogens is 685 g/mol. The van der Waals surface area contributed by atoms with Crippen LogP contribution in [0.5, 0.6) is 0 Å². The van der Waals surface area contributed by atoms with Crippen LogP contribution in [0.2, 0.25) is 0 Å². The molecule has 0 bridgehead atoms. The molecule has 0 aliphatic carbocycles. The largest absolute Gasteiger partial charge is 0.462 e. The molecule has 0 aliphatic heterocycles. The third kappa shape index (κ3) is 42.4. The van der Waals surface area contributed by atoms with Crippen LogP contribution in [0.15, 0.2) is 48.6 Å². The standard InChI is InChI=1S/C49H86O6/c1-4-7-10-13-16-19-22-24-25-26-28-30-33-36-39-42-48(51)54-45-46(44-53-47(50)41-38-35-32-29-21-18-15-12-9-6-3)55-49(52)43-40-37-34-31-27-23-20-17-14-11-8-5-2/h15-20,22,24,46H,4-14,21,23,25-45H2,1-3H3/b18-15-,19-16-,20-17-,24-22-. The van der Waals surface area contributed by atoms with Crippen molar-refractivity contribution < 1.29 is 28.6 Å². The zero-order valence-corrected chi connectivity index (χ0v) is 36.2. The molecule has 6 heteroatoms. The van der Waals surface area contributed by atoms with Crippen molar-refractivity contribution in [2.45, 2.75) is 232 Å². The lowest BCUT2D eigenvalue weighted by molar-refractivity contribution is -0.167. The SMILES string of the molecule is CCCC/C=C\CCCCCCC(=O)OCC(COC(=O)CCCCCCCC/C=C\C=C/CCCCC)OC(=O)CCCCCCC/C=C\CCCCC. The second kappa shape index (κ2) is 44.1. The first-order valence-corrected chi connectivity index (χ1v) is 23.2. The molecule has 0 aliphatic rings. The van der Waals surface area contributed by atoms with Crippen LogP contribution < -0.4 is 0 Å². The molecule has 0 aromatic heterocycles. The summed E-state index contributed by atoms with van der Waals surface area (Å²) in [5.74, 6) is -0.921. The number of carbonyl (C=O) groups is 3. The zero-order valence-electron chi connectivity index (χ0n) is 36.2. The Kier molecular flexibility index (Phi) is 42.0. The highest BCUT2D eigenvalue weighted by Gasteiger charge is 2.19. The van der Waals surface area contributed by atoms with E-state index in [-0.39, 0.29) is 31.1 Å². The van der Waals surface area contributed by atoms with Crippen LogP contribution >= 0.6 is 0 Å². The lowest BCUT2D eigenvalue weighted by Gasteiger charge is -2.18. The van der Waals surface area contributed by atoms with Crippen molar-refractivity contribution in [3.8, 4) is 0 Å². The van der Waals surface area contributed by atoms with E-state index in [1.54, 1.807) is 0 Å². The van der Waals surface area contributed by atoms with Gasteiger partial charge in [0.1, 0.15) is 13.2 Å². The van der Waals surface area contributed by atoms with Crippen molar-refractivity contribution in [1.29, 1.82) is 0 Å². The topological polar surface area (TPSA) is 78.9 Å². The molecule has 55 heavy (non-hydrogen) atoms. The third-order valence-corrected chi connectivity index (χ3v) is 9.80. The van der Waals surface area contributed by atoms with E-state index in [1.807, 2.05) is 0 Å². The van der Waals surface area contributed by atoms with E-state index in [4.69, 9.17) is 14.2 Å². The van der Waals surface area contributed by atoms with Gasteiger partial charge in [-0.15, -0.1) is 0 Å². The number of allylic oxidation sites excluding steroid dienone is 8. The molecule has 1 unspecified atom stereocenters. The van der Waals surface area contributed by atoms with Gasteiger partial charge in [-0.1, -0.05) is 166 Å².